The lowest BCUT2D eigenvalue weighted by Crippen LogP contribution is -2.36. The molecule has 4 aromatic rings. The number of aromatic carboxylic acids is 1. The van der Waals surface area contributed by atoms with Crippen LogP contribution in [0.5, 0.6) is 0 Å². The number of carbonyl (C=O) groups is 3. The third-order valence-electron chi connectivity index (χ3n) is 7.40. The van der Waals surface area contributed by atoms with Crippen LogP contribution in [0.3, 0.4) is 0 Å². The van der Waals surface area contributed by atoms with Crippen LogP contribution < -0.4 is 0 Å². The maximum Gasteiger partial charge on any atom is 0.359 e. The quantitative estimate of drug-likeness (QED) is 0.258. The fourth-order valence-electron chi connectivity index (χ4n) is 5.35. The number of hydrogen-bond acceptors (Lipinski definition) is 5. The van der Waals surface area contributed by atoms with Crippen molar-refractivity contribution >= 4 is 17.8 Å². The maximum atomic E-state index is 14.2. The number of amides is 1. The fourth-order valence-corrected chi connectivity index (χ4v) is 5.35. The van der Waals surface area contributed by atoms with Gasteiger partial charge in [-0.15, -0.1) is 0 Å². The largest absolute Gasteiger partial charge is 0.478 e. The molecule has 0 atom stereocenters. The Bertz CT molecular complexity index is 1590. The number of benzene rings is 3. The molecule has 8 nitrogen and oxygen atoms in total. The van der Waals surface area contributed by atoms with Crippen LogP contribution in [0.15, 0.2) is 72.8 Å². The van der Waals surface area contributed by atoms with Crippen molar-refractivity contribution in [3.8, 4) is 16.8 Å². The lowest BCUT2D eigenvalue weighted by atomic mass is 9.92. The Morgan fingerprint density at radius 2 is 1.68 bits per heavy atom. The highest BCUT2D eigenvalue weighted by molar-refractivity contribution is 6.06. The van der Waals surface area contributed by atoms with Crippen molar-refractivity contribution in [3.63, 3.8) is 0 Å². The minimum atomic E-state index is -1.13. The average Bonchev–Trinajstić information content (AvgIpc) is 3.39. The number of para-hydroxylation sites is 1. The van der Waals surface area contributed by atoms with Gasteiger partial charge in [-0.3, -0.25) is 4.79 Å². The van der Waals surface area contributed by atoms with E-state index in [1.165, 1.54) is 17.7 Å². The van der Waals surface area contributed by atoms with Gasteiger partial charge in [-0.1, -0.05) is 61.9 Å². The van der Waals surface area contributed by atoms with Crippen molar-refractivity contribution in [1.29, 1.82) is 0 Å². The monoisotopic (exact) mass is 551 g/mol. The van der Waals surface area contributed by atoms with Crippen LogP contribution in [-0.2, 0) is 24.1 Å². The molecule has 0 spiro atoms. The molecule has 0 saturated carbocycles. The summed E-state index contributed by atoms with van der Waals surface area (Å²) in [6.07, 6.45) is 3.04. The second-order valence-corrected chi connectivity index (χ2v) is 10.1. The van der Waals surface area contributed by atoms with Crippen molar-refractivity contribution in [3.05, 3.63) is 106 Å². The number of ether oxygens (including phenoxy) is 1. The highest BCUT2D eigenvalue weighted by atomic mass is 16.5. The molecule has 5 rings (SSSR count). The number of carboxylic acids is 1. The number of nitrogens with zero attached hydrogens (tertiary/aromatic N) is 3. The van der Waals surface area contributed by atoms with Crippen LogP contribution in [0.1, 0.15) is 74.7 Å². The summed E-state index contributed by atoms with van der Waals surface area (Å²) in [5, 5.41) is 14.5. The van der Waals surface area contributed by atoms with Crippen LogP contribution in [0.2, 0.25) is 0 Å². The van der Waals surface area contributed by atoms with Gasteiger partial charge in [-0.2, -0.15) is 5.10 Å². The van der Waals surface area contributed by atoms with Crippen molar-refractivity contribution < 1.29 is 24.2 Å². The van der Waals surface area contributed by atoms with Gasteiger partial charge in [-0.05, 0) is 67.1 Å². The zero-order valence-corrected chi connectivity index (χ0v) is 23.3. The molecule has 1 aromatic heterocycles. The van der Waals surface area contributed by atoms with Crippen LogP contribution in [0, 0.1) is 0 Å². The SMILES string of the molecule is CCCCc1c(-c2ccc(C(=O)O)cc2C(=O)N2CCc3ccccc3C2)c(C(=O)OCC)nn1-c1ccccc1. The summed E-state index contributed by atoms with van der Waals surface area (Å²) in [4.78, 5) is 41.2. The fraction of sp³-hybridized carbons (Fsp3) is 0.273. The van der Waals surface area contributed by atoms with E-state index in [1.54, 1.807) is 22.6 Å². The lowest BCUT2D eigenvalue weighted by molar-refractivity contribution is 0.0518. The van der Waals surface area contributed by atoms with E-state index in [-0.39, 0.29) is 29.3 Å². The molecule has 0 saturated heterocycles. The van der Waals surface area contributed by atoms with Gasteiger partial charge in [-0.25, -0.2) is 14.3 Å². The van der Waals surface area contributed by atoms with E-state index < -0.39 is 11.9 Å². The molecule has 3 aromatic carbocycles. The third kappa shape index (κ3) is 5.63. The smallest absolute Gasteiger partial charge is 0.359 e. The zero-order chi connectivity index (χ0) is 28.9. The minimum absolute atomic E-state index is 0.00208. The Hall–Kier alpha value is -4.72. The van der Waals surface area contributed by atoms with Gasteiger partial charge in [0, 0.05) is 24.2 Å². The Labute approximate surface area is 239 Å². The van der Waals surface area contributed by atoms with E-state index in [2.05, 4.69) is 13.0 Å². The second-order valence-electron chi connectivity index (χ2n) is 10.1. The van der Waals surface area contributed by atoms with Crippen LogP contribution in [0.25, 0.3) is 16.8 Å². The van der Waals surface area contributed by atoms with Crippen LogP contribution >= 0.6 is 0 Å². The molecular formula is C33H33N3O5. The molecule has 0 radical (unpaired) electrons. The first-order valence-electron chi connectivity index (χ1n) is 14.0. The first kappa shape index (κ1) is 27.8. The second kappa shape index (κ2) is 12.2. The van der Waals surface area contributed by atoms with Crippen molar-refractivity contribution in [2.45, 2.75) is 46.1 Å². The van der Waals surface area contributed by atoms with E-state index in [4.69, 9.17) is 9.84 Å². The standard InChI is InChI=1S/C33H33N3O5/c1-3-5-15-28-29(30(33(40)41-4-2)34-36(28)25-13-7-6-8-14-25)26-17-16-23(32(38)39)20-27(26)31(37)35-19-18-22-11-9-10-12-24(22)21-35/h6-14,16-17,20H,3-5,15,18-19,21H2,1-2H3,(H,38,39). The van der Waals surface area contributed by atoms with Gasteiger partial charge < -0.3 is 14.7 Å². The van der Waals surface area contributed by atoms with E-state index in [0.29, 0.717) is 37.1 Å². The van der Waals surface area contributed by atoms with E-state index >= 15 is 0 Å². The summed E-state index contributed by atoms with van der Waals surface area (Å²) >= 11 is 0. The number of carboxylic acid groups (broad SMARTS) is 1. The third-order valence-corrected chi connectivity index (χ3v) is 7.40. The van der Waals surface area contributed by atoms with Gasteiger partial charge in [0.25, 0.3) is 5.91 Å². The Morgan fingerprint density at radius 3 is 2.39 bits per heavy atom. The molecule has 1 aliphatic heterocycles. The van der Waals surface area contributed by atoms with Gasteiger partial charge in [0.2, 0.25) is 0 Å². The molecule has 0 aliphatic carbocycles. The number of fused-ring (bicyclic) bond motifs is 1. The number of esters is 1. The molecule has 210 valence electrons. The van der Waals surface area contributed by atoms with E-state index in [0.717, 1.165) is 29.8 Å². The predicted molar refractivity (Wildman–Crippen MR) is 155 cm³/mol. The number of carbonyl (C=O) groups excluding carboxylic acids is 2. The van der Waals surface area contributed by atoms with Crippen molar-refractivity contribution in [2.75, 3.05) is 13.2 Å². The Kier molecular flexibility index (Phi) is 8.29. The molecule has 1 amide bonds. The first-order chi connectivity index (χ1) is 19.9. The number of unbranched alkanes of at least 4 members (excludes halogenated alkanes) is 1. The summed E-state index contributed by atoms with van der Waals surface area (Å²) in [5.74, 6) is -2.02. The summed E-state index contributed by atoms with van der Waals surface area (Å²) in [6.45, 7) is 4.90. The minimum Gasteiger partial charge on any atom is -0.478 e. The molecule has 41 heavy (non-hydrogen) atoms. The first-order valence-corrected chi connectivity index (χ1v) is 14.0. The van der Waals surface area contributed by atoms with E-state index in [9.17, 15) is 19.5 Å². The van der Waals surface area contributed by atoms with Gasteiger partial charge in [0.05, 0.1) is 23.6 Å². The zero-order valence-electron chi connectivity index (χ0n) is 23.3. The Balaban J connectivity index is 1.72. The molecule has 0 unspecified atom stereocenters. The lowest BCUT2D eigenvalue weighted by Gasteiger charge is -2.29. The predicted octanol–water partition coefficient (Wildman–Crippen LogP) is 5.96. The molecule has 8 heteroatoms. The molecule has 0 fully saturated rings. The summed E-state index contributed by atoms with van der Waals surface area (Å²) in [7, 11) is 0. The van der Waals surface area contributed by atoms with Crippen molar-refractivity contribution in [2.24, 2.45) is 0 Å². The molecule has 1 aliphatic rings. The normalized spacial score (nSPS) is 12.6. The van der Waals surface area contributed by atoms with Gasteiger partial charge >= 0.3 is 11.9 Å². The average molecular weight is 552 g/mol. The van der Waals surface area contributed by atoms with Gasteiger partial charge in [0.15, 0.2) is 5.69 Å². The van der Waals surface area contributed by atoms with Crippen LogP contribution in [0.4, 0.5) is 0 Å². The molecule has 0 bridgehead atoms. The summed E-state index contributed by atoms with van der Waals surface area (Å²) in [5.41, 5.74) is 5.09. The topological polar surface area (TPSA) is 102 Å². The van der Waals surface area contributed by atoms with E-state index in [1.807, 2.05) is 48.5 Å². The van der Waals surface area contributed by atoms with Crippen LogP contribution in [-0.4, -0.2) is 50.8 Å². The number of aromatic nitrogens is 2. The summed E-state index contributed by atoms with van der Waals surface area (Å²) in [6, 6.07) is 22.0. The molecular weight excluding hydrogens is 518 g/mol. The Morgan fingerprint density at radius 1 is 0.951 bits per heavy atom. The summed E-state index contributed by atoms with van der Waals surface area (Å²) < 4.78 is 7.16. The number of rotatable bonds is 9. The number of hydrogen-bond donors (Lipinski definition) is 1. The molecule has 1 N–H and O–H groups in total. The maximum absolute atomic E-state index is 14.2. The highest BCUT2D eigenvalue weighted by Crippen LogP contribution is 2.36. The van der Waals surface area contributed by atoms with Crippen molar-refractivity contribution in [1.82, 2.24) is 14.7 Å². The van der Waals surface area contributed by atoms with Gasteiger partial charge in [0.1, 0.15) is 0 Å². The highest BCUT2D eigenvalue weighted by Gasteiger charge is 2.31. The molecule has 2 heterocycles.